The van der Waals surface area contributed by atoms with Gasteiger partial charge in [0.2, 0.25) is 0 Å². The van der Waals surface area contributed by atoms with E-state index in [0.717, 1.165) is 34.3 Å². The number of benzene rings is 1. The lowest BCUT2D eigenvalue weighted by molar-refractivity contribution is 0.356. The number of aromatic nitrogens is 2. The fourth-order valence-corrected chi connectivity index (χ4v) is 2.39. The Kier molecular flexibility index (Phi) is 2.65. The lowest BCUT2D eigenvalue weighted by atomic mass is 10.1. The van der Waals surface area contributed by atoms with Crippen LogP contribution in [0.5, 0.6) is 11.5 Å². The third kappa shape index (κ3) is 1.82. The summed E-state index contributed by atoms with van der Waals surface area (Å²) in [5.41, 5.74) is 1.95. The molecule has 1 saturated carbocycles. The fourth-order valence-electron chi connectivity index (χ4n) is 2.39. The summed E-state index contributed by atoms with van der Waals surface area (Å²) in [5, 5.41) is 0. The van der Waals surface area contributed by atoms with Gasteiger partial charge in [-0.25, -0.2) is 4.98 Å². The van der Waals surface area contributed by atoms with E-state index in [2.05, 4.69) is 16.9 Å². The molecule has 3 rings (SSSR count). The number of rotatable bonds is 4. The average molecular weight is 246 g/mol. The van der Waals surface area contributed by atoms with Crippen LogP contribution in [0, 0.1) is 5.92 Å². The van der Waals surface area contributed by atoms with Crippen molar-refractivity contribution in [1.29, 1.82) is 0 Å². The number of ether oxygens (including phenoxy) is 2. The predicted molar refractivity (Wildman–Crippen MR) is 70.3 cm³/mol. The highest BCUT2D eigenvalue weighted by molar-refractivity contribution is 5.79. The molecule has 96 valence electrons. The van der Waals surface area contributed by atoms with Crippen LogP contribution < -0.4 is 9.47 Å². The molecule has 4 heteroatoms. The molecule has 1 heterocycles. The van der Waals surface area contributed by atoms with Crippen molar-refractivity contribution in [1.82, 2.24) is 9.97 Å². The number of nitrogens with one attached hydrogen (secondary N) is 1. The predicted octanol–water partition coefficient (Wildman–Crippen LogP) is 3.09. The van der Waals surface area contributed by atoms with Crippen molar-refractivity contribution in [2.75, 3.05) is 14.2 Å². The van der Waals surface area contributed by atoms with E-state index in [1.807, 2.05) is 12.1 Å². The van der Waals surface area contributed by atoms with Crippen molar-refractivity contribution in [3.05, 3.63) is 18.0 Å². The van der Waals surface area contributed by atoms with Crippen LogP contribution in [-0.2, 0) is 0 Å². The smallest absolute Gasteiger partial charge is 0.163 e. The molecule has 1 aliphatic rings. The zero-order valence-electron chi connectivity index (χ0n) is 11.0. The summed E-state index contributed by atoms with van der Waals surface area (Å²) in [5.74, 6) is 3.84. The standard InChI is InChI=1S/C14H18N2O2/c1-8(9-4-5-9)14-15-10-6-12(17-2)13(18-3)7-11(10)16-14/h6-9H,4-5H2,1-3H3,(H,15,16). The van der Waals surface area contributed by atoms with Crippen molar-refractivity contribution < 1.29 is 9.47 Å². The Labute approximate surface area is 106 Å². The van der Waals surface area contributed by atoms with Gasteiger partial charge in [-0.05, 0) is 18.8 Å². The summed E-state index contributed by atoms with van der Waals surface area (Å²) in [6, 6.07) is 3.87. The van der Waals surface area contributed by atoms with E-state index >= 15 is 0 Å². The molecule has 18 heavy (non-hydrogen) atoms. The maximum Gasteiger partial charge on any atom is 0.163 e. The van der Waals surface area contributed by atoms with Crippen molar-refractivity contribution in [3.8, 4) is 11.5 Å². The van der Waals surface area contributed by atoms with Gasteiger partial charge in [0.1, 0.15) is 5.82 Å². The van der Waals surface area contributed by atoms with E-state index < -0.39 is 0 Å². The van der Waals surface area contributed by atoms with Gasteiger partial charge < -0.3 is 14.5 Å². The zero-order valence-corrected chi connectivity index (χ0v) is 11.0. The lowest BCUT2D eigenvalue weighted by Gasteiger charge is -2.06. The molecule has 1 aromatic heterocycles. The van der Waals surface area contributed by atoms with Crippen LogP contribution in [0.4, 0.5) is 0 Å². The topological polar surface area (TPSA) is 47.1 Å². The average Bonchev–Trinajstić information content (AvgIpc) is 3.15. The number of nitrogens with zero attached hydrogens (tertiary/aromatic N) is 1. The highest BCUT2D eigenvalue weighted by Crippen LogP contribution is 2.42. The van der Waals surface area contributed by atoms with Crippen LogP contribution >= 0.6 is 0 Å². The minimum atomic E-state index is 0.509. The molecule has 2 aromatic rings. The second-order valence-electron chi connectivity index (χ2n) is 4.97. The van der Waals surface area contributed by atoms with E-state index in [4.69, 9.17) is 9.47 Å². The number of hydrogen-bond donors (Lipinski definition) is 1. The number of imidazole rings is 1. The Bertz CT molecular complexity index is 531. The number of aromatic amines is 1. The van der Waals surface area contributed by atoms with Gasteiger partial charge in [0, 0.05) is 18.1 Å². The van der Waals surface area contributed by atoms with Gasteiger partial charge in [-0.1, -0.05) is 6.92 Å². The molecule has 0 amide bonds. The second kappa shape index (κ2) is 4.19. The number of H-pyrrole nitrogens is 1. The van der Waals surface area contributed by atoms with Crippen LogP contribution in [0.15, 0.2) is 12.1 Å². The second-order valence-corrected chi connectivity index (χ2v) is 4.97. The number of methoxy groups -OCH3 is 2. The Balaban J connectivity index is 2.05. The van der Waals surface area contributed by atoms with Crippen molar-refractivity contribution in [2.24, 2.45) is 5.92 Å². The first kappa shape index (κ1) is 11.4. The summed E-state index contributed by atoms with van der Waals surface area (Å²) < 4.78 is 10.6. The van der Waals surface area contributed by atoms with Crippen molar-refractivity contribution in [3.63, 3.8) is 0 Å². The first-order chi connectivity index (χ1) is 8.72. The van der Waals surface area contributed by atoms with E-state index in [9.17, 15) is 0 Å². The minimum absolute atomic E-state index is 0.509. The maximum atomic E-state index is 5.30. The minimum Gasteiger partial charge on any atom is -0.493 e. The molecular formula is C14H18N2O2. The Morgan fingerprint density at radius 1 is 1.22 bits per heavy atom. The van der Waals surface area contributed by atoms with Gasteiger partial charge in [0.25, 0.3) is 0 Å². The molecule has 1 fully saturated rings. The summed E-state index contributed by atoms with van der Waals surface area (Å²) in [7, 11) is 3.29. The van der Waals surface area contributed by atoms with Gasteiger partial charge in [-0.3, -0.25) is 0 Å². The summed E-state index contributed by atoms with van der Waals surface area (Å²) in [4.78, 5) is 8.06. The largest absolute Gasteiger partial charge is 0.493 e. The molecule has 0 bridgehead atoms. The molecule has 0 radical (unpaired) electrons. The third-order valence-electron chi connectivity index (χ3n) is 3.77. The molecule has 4 nitrogen and oxygen atoms in total. The van der Waals surface area contributed by atoms with Crippen LogP contribution in [-0.4, -0.2) is 24.2 Å². The van der Waals surface area contributed by atoms with E-state index in [1.54, 1.807) is 14.2 Å². The van der Waals surface area contributed by atoms with Crippen LogP contribution in [0.1, 0.15) is 31.5 Å². The molecule has 1 aliphatic carbocycles. The first-order valence-corrected chi connectivity index (χ1v) is 6.34. The molecule has 1 unspecified atom stereocenters. The van der Waals surface area contributed by atoms with E-state index in [-0.39, 0.29) is 0 Å². The Hall–Kier alpha value is -1.71. The van der Waals surface area contributed by atoms with Gasteiger partial charge >= 0.3 is 0 Å². The molecule has 1 atom stereocenters. The molecule has 0 aliphatic heterocycles. The van der Waals surface area contributed by atoms with Gasteiger partial charge in [-0.2, -0.15) is 0 Å². The SMILES string of the molecule is COc1cc2nc(C(C)C3CC3)[nH]c2cc1OC. The quantitative estimate of drug-likeness (QED) is 0.901. The Morgan fingerprint density at radius 2 is 1.89 bits per heavy atom. The normalized spacial score (nSPS) is 16.8. The maximum absolute atomic E-state index is 5.30. The fraction of sp³-hybridized carbons (Fsp3) is 0.500. The monoisotopic (exact) mass is 246 g/mol. The molecule has 0 saturated heterocycles. The molecule has 1 N–H and O–H groups in total. The van der Waals surface area contributed by atoms with Gasteiger partial charge in [-0.15, -0.1) is 0 Å². The number of fused-ring (bicyclic) bond motifs is 1. The third-order valence-corrected chi connectivity index (χ3v) is 3.77. The summed E-state index contributed by atoms with van der Waals surface area (Å²) in [6.07, 6.45) is 2.65. The van der Waals surface area contributed by atoms with Crippen molar-refractivity contribution in [2.45, 2.75) is 25.7 Å². The van der Waals surface area contributed by atoms with Crippen molar-refractivity contribution >= 4 is 11.0 Å². The van der Waals surface area contributed by atoms with Crippen LogP contribution in [0.3, 0.4) is 0 Å². The highest BCUT2D eigenvalue weighted by atomic mass is 16.5. The molecular weight excluding hydrogens is 228 g/mol. The van der Waals surface area contributed by atoms with Crippen LogP contribution in [0.2, 0.25) is 0 Å². The lowest BCUT2D eigenvalue weighted by Crippen LogP contribution is -1.97. The first-order valence-electron chi connectivity index (χ1n) is 6.34. The summed E-state index contributed by atoms with van der Waals surface area (Å²) >= 11 is 0. The zero-order chi connectivity index (χ0) is 12.7. The van der Waals surface area contributed by atoms with Gasteiger partial charge in [0.15, 0.2) is 11.5 Å². The Morgan fingerprint density at radius 3 is 2.50 bits per heavy atom. The van der Waals surface area contributed by atoms with E-state index in [1.165, 1.54) is 12.8 Å². The molecule has 1 aromatic carbocycles. The number of hydrogen-bond acceptors (Lipinski definition) is 3. The van der Waals surface area contributed by atoms with Crippen LogP contribution in [0.25, 0.3) is 11.0 Å². The van der Waals surface area contributed by atoms with Gasteiger partial charge in [0.05, 0.1) is 25.3 Å². The van der Waals surface area contributed by atoms with E-state index in [0.29, 0.717) is 5.92 Å². The highest BCUT2D eigenvalue weighted by Gasteiger charge is 2.30. The summed E-state index contributed by atoms with van der Waals surface area (Å²) in [6.45, 7) is 2.24. The molecule has 0 spiro atoms.